The van der Waals surface area contributed by atoms with Gasteiger partial charge < -0.3 is 9.58 Å². The first-order valence-corrected chi connectivity index (χ1v) is 6.81. The smallest absolute Gasteiger partial charge is 0.392 e. The molecule has 0 unspecified atom stereocenters. The van der Waals surface area contributed by atoms with Crippen molar-refractivity contribution in [2.75, 3.05) is 0 Å². The Balaban J connectivity index is 2.17. The number of aromatic nitrogens is 1. The fraction of sp³-hybridized carbons (Fsp3) is 0.0625. The first-order valence-electron chi connectivity index (χ1n) is 6.81. The molecule has 1 aromatic carbocycles. The van der Waals surface area contributed by atoms with Gasteiger partial charge in [0.05, 0.1) is 12.3 Å². The number of rotatable bonds is 4. The molecule has 3 rings (SSSR count). The van der Waals surface area contributed by atoms with Crippen LogP contribution in [0.3, 0.4) is 0 Å². The van der Waals surface area contributed by atoms with Crippen molar-refractivity contribution in [1.82, 2.24) is 4.48 Å². The lowest BCUT2D eigenvalue weighted by molar-refractivity contribution is 0.282. The SMILES string of the molecule is OCc1ccc(/C(=C2\C=CC=N2)c2cccn2B(F)F)cc1. The van der Waals surface area contributed by atoms with Crippen LogP contribution in [0.2, 0.25) is 0 Å². The summed E-state index contributed by atoms with van der Waals surface area (Å²) in [6.45, 7) is -0.0579. The van der Waals surface area contributed by atoms with Crippen LogP contribution in [-0.2, 0) is 6.61 Å². The number of halogens is 2. The van der Waals surface area contributed by atoms with Crippen LogP contribution in [0, 0.1) is 0 Å². The third kappa shape index (κ3) is 2.65. The van der Waals surface area contributed by atoms with Gasteiger partial charge >= 0.3 is 7.40 Å². The Morgan fingerprint density at radius 1 is 1.18 bits per heavy atom. The molecule has 22 heavy (non-hydrogen) atoms. The summed E-state index contributed by atoms with van der Waals surface area (Å²) in [5, 5.41) is 9.13. The largest absolute Gasteiger partial charge is 0.677 e. The lowest BCUT2D eigenvalue weighted by Gasteiger charge is -2.13. The van der Waals surface area contributed by atoms with E-state index in [-0.39, 0.29) is 6.61 Å². The quantitative estimate of drug-likeness (QED) is 0.865. The van der Waals surface area contributed by atoms with Crippen molar-refractivity contribution < 1.29 is 13.7 Å². The van der Waals surface area contributed by atoms with Gasteiger partial charge in [-0.1, -0.05) is 24.3 Å². The summed E-state index contributed by atoms with van der Waals surface area (Å²) in [6.07, 6.45) is 6.54. The molecule has 0 aliphatic carbocycles. The Hall–Kier alpha value is -2.47. The molecule has 0 spiro atoms. The number of hydrogen-bond donors (Lipinski definition) is 1. The van der Waals surface area contributed by atoms with Gasteiger partial charge in [0.25, 0.3) is 0 Å². The fourth-order valence-electron chi connectivity index (χ4n) is 2.43. The molecule has 1 aliphatic rings. The lowest BCUT2D eigenvalue weighted by Crippen LogP contribution is -2.15. The van der Waals surface area contributed by atoms with Crippen molar-refractivity contribution in [2.24, 2.45) is 4.99 Å². The number of aliphatic hydroxyl groups is 1. The van der Waals surface area contributed by atoms with Crippen LogP contribution in [0.4, 0.5) is 8.63 Å². The molecule has 0 bridgehead atoms. The number of hydrogen-bond acceptors (Lipinski definition) is 2. The van der Waals surface area contributed by atoms with Crippen LogP contribution in [0.1, 0.15) is 16.8 Å². The van der Waals surface area contributed by atoms with Gasteiger partial charge in [0.2, 0.25) is 0 Å². The van der Waals surface area contributed by atoms with E-state index in [1.807, 2.05) is 0 Å². The summed E-state index contributed by atoms with van der Waals surface area (Å²) in [6, 6.07) is 10.4. The van der Waals surface area contributed by atoms with Crippen LogP contribution in [0.5, 0.6) is 0 Å². The van der Waals surface area contributed by atoms with E-state index < -0.39 is 7.40 Å². The lowest BCUT2D eigenvalue weighted by atomic mass is 9.98. The van der Waals surface area contributed by atoms with Crippen molar-refractivity contribution >= 4 is 19.2 Å². The monoisotopic (exact) mass is 298 g/mol. The topological polar surface area (TPSA) is 37.5 Å². The van der Waals surface area contributed by atoms with Crippen molar-refractivity contribution in [1.29, 1.82) is 0 Å². The molecule has 0 atom stereocenters. The third-order valence-corrected chi connectivity index (χ3v) is 3.48. The second-order valence-corrected chi connectivity index (χ2v) is 4.83. The number of aliphatic hydroxyl groups excluding tert-OH is 1. The summed E-state index contributed by atoms with van der Waals surface area (Å²) >= 11 is 0. The predicted octanol–water partition coefficient (Wildman–Crippen LogP) is 3.15. The molecule has 0 saturated carbocycles. The van der Waals surface area contributed by atoms with Crippen LogP contribution in [-0.4, -0.2) is 23.2 Å². The van der Waals surface area contributed by atoms with Gasteiger partial charge in [-0.2, -0.15) is 0 Å². The molecular weight excluding hydrogens is 285 g/mol. The average molecular weight is 298 g/mol. The minimum absolute atomic E-state index is 0.0579. The normalized spacial score (nSPS) is 15.4. The molecule has 2 aromatic rings. The van der Waals surface area contributed by atoms with Gasteiger partial charge in [-0.3, -0.25) is 13.6 Å². The summed E-state index contributed by atoms with van der Waals surface area (Å²) in [5.74, 6) is 0. The van der Waals surface area contributed by atoms with Crippen LogP contribution in [0.25, 0.3) is 5.57 Å². The Bertz CT molecular complexity index is 747. The second kappa shape index (κ2) is 6.11. The molecule has 110 valence electrons. The van der Waals surface area contributed by atoms with Gasteiger partial charge in [0.1, 0.15) is 0 Å². The molecule has 2 heterocycles. The highest BCUT2D eigenvalue weighted by Crippen LogP contribution is 2.30. The summed E-state index contributed by atoms with van der Waals surface area (Å²) in [7, 11) is -2.62. The highest BCUT2D eigenvalue weighted by Gasteiger charge is 2.23. The van der Waals surface area contributed by atoms with Gasteiger partial charge in [-0.15, -0.1) is 0 Å². The molecule has 3 nitrogen and oxygen atoms in total. The molecular formula is C16H13BF2N2O. The van der Waals surface area contributed by atoms with Crippen molar-refractivity contribution in [3.05, 3.63) is 77.3 Å². The molecule has 1 aliphatic heterocycles. The highest BCUT2D eigenvalue weighted by molar-refractivity contribution is 6.41. The van der Waals surface area contributed by atoms with Gasteiger partial charge in [0, 0.05) is 17.5 Å². The minimum Gasteiger partial charge on any atom is -0.392 e. The van der Waals surface area contributed by atoms with Crippen molar-refractivity contribution in [2.45, 2.75) is 6.61 Å². The molecule has 0 amide bonds. The van der Waals surface area contributed by atoms with Gasteiger partial charge in [-0.25, -0.2) is 0 Å². The number of benzene rings is 1. The zero-order chi connectivity index (χ0) is 15.5. The summed E-state index contributed by atoms with van der Waals surface area (Å²) < 4.78 is 27.3. The van der Waals surface area contributed by atoms with Gasteiger partial charge in [-0.05, 0) is 41.6 Å². The molecule has 0 fully saturated rings. The molecule has 6 heteroatoms. The summed E-state index contributed by atoms with van der Waals surface area (Å²) in [5.41, 5.74) is 3.22. The van der Waals surface area contributed by atoms with E-state index in [1.165, 1.54) is 6.20 Å². The fourth-order valence-corrected chi connectivity index (χ4v) is 2.43. The van der Waals surface area contributed by atoms with Crippen LogP contribution in [0.15, 0.2) is 65.4 Å². The van der Waals surface area contributed by atoms with E-state index in [4.69, 9.17) is 5.11 Å². The molecule has 0 saturated heterocycles. The van der Waals surface area contributed by atoms with E-state index >= 15 is 0 Å². The van der Waals surface area contributed by atoms with Crippen LogP contribution < -0.4 is 0 Å². The molecule has 1 aromatic heterocycles. The Morgan fingerprint density at radius 2 is 1.95 bits per heavy atom. The van der Waals surface area contributed by atoms with Crippen molar-refractivity contribution in [3.8, 4) is 0 Å². The standard InChI is InChI=1S/C16H13BF2N2O/c18-17(19)21-10-2-4-15(21)16(14-3-1-9-20-14)13-7-5-12(11-22)6-8-13/h1-10,22H,11H2/b16-14-. The minimum atomic E-state index is -2.62. The predicted molar refractivity (Wildman–Crippen MR) is 83.8 cm³/mol. The van der Waals surface area contributed by atoms with E-state index in [0.29, 0.717) is 17.0 Å². The Labute approximate surface area is 127 Å². The van der Waals surface area contributed by atoms with E-state index in [2.05, 4.69) is 4.99 Å². The molecule has 1 N–H and O–H groups in total. The maximum atomic E-state index is 13.2. The first-order chi connectivity index (χ1) is 10.7. The molecule has 0 radical (unpaired) electrons. The zero-order valence-corrected chi connectivity index (χ0v) is 11.7. The second-order valence-electron chi connectivity index (χ2n) is 4.83. The Morgan fingerprint density at radius 3 is 2.55 bits per heavy atom. The van der Waals surface area contributed by atoms with Crippen LogP contribution >= 0.6 is 0 Å². The van der Waals surface area contributed by atoms with Crippen molar-refractivity contribution in [3.63, 3.8) is 0 Å². The van der Waals surface area contributed by atoms with E-state index in [9.17, 15) is 8.63 Å². The average Bonchev–Trinajstić information content (AvgIpc) is 3.20. The zero-order valence-electron chi connectivity index (χ0n) is 11.7. The van der Waals surface area contributed by atoms with E-state index in [0.717, 1.165) is 15.6 Å². The maximum Gasteiger partial charge on any atom is 0.677 e. The number of nitrogens with zero attached hydrogens (tertiary/aromatic N) is 2. The maximum absolute atomic E-state index is 13.2. The third-order valence-electron chi connectivity index (χ3n) is 3.48. The number of aliphatic imine (C=N–C) groups is 1. The first kappa shape index (κ1) is 14.5. The number of allylic oxidation sites excluding steroid dienone is 2. The van der Waals surface area contributed by atoms with Gasteiger partial charge in [0.15, 0.2) is 0 Å². The van der Waals surface area contributed by atoms with E-state index in [1.54, 1.807) is 54.8 Å². The highest BCUT2D eigenvalue weighted by atomic mass is 19.2. The Kier molecular flexibility index (Phi) is 4.02. The summed E-state index contributed by atoms with van der Waals surface area (Å²) in [4.78, 5) is 4.25.